The van der Waals surface area contributed by atoms with Crippen molar-refractivity contribution in [3.63, 3.8) is 0 Å². The van der Waals surface area contributed by atoms with E-state index >= 15 is 0 Å². The number of carbonyl (C=O) groups excluding carboxylic acids is 1. The second-order valence-corrected chi connectivity index (χ2v) is 5.25. The molecule has 4 N–H and O–H groups in total. The number of carbonyl (C=O) groups is 1. The van der Waals surface area contributed by atoms with Gasteiger partial charge in [-0.15, -0.1) is 0 Å². The molecule has 1 heterocycles. The Hall–Kier alpha value is -0.770. The minimum atomic E-state index is -1.45. The van der Waals surface area contributed by atoms with Crippen LogP contribution in [0.15, 0.2) is 0 Å². The Kier molecular flexibility index (Phi) is 7.50. The zero-order valence-electron chi connectivity index (χ0n) is 12.2. The summed E-state index contributed by atoms with van der Waals surface area (Å²) in [5.41, 5.74) is 0. The molecule has 8 heteroatoms. The van der Waals surface area contributed by atoms with Gasteiger partial charge in [0.1, 0.15) is 24.4 Å². The lowest BCUT2D eigenvalue weighted by atomic mass is 9.99. The van der Waals surface area contributed by atoms with E-state index < -0.39 is 37.3 Å². The molecule has 1 saturated heterocycles. The van der Waals surface area contributed by atoms with Gasteiger partial charge in [0.05, 0.1) is 20.3 Å². The number of aliphatic hydroxyl groups is 4. The maximum absolute atomic E-state index is 11.0. The predicted octanol–water partition coefficient (Wildman–Crippen LogP) is -1.61. The van der Waals surface area contributed by atoms with Crippen molar-refractivity contribution >= 4 is 5.97 Å². The molecule has 0 saturated carbocycles. The molecule has 21 heavy (non-hydrogen) atoms. The lowest BCUT2D eigenvalue weighted by Crippen LogP contribution is -2.59. The van der Waals surface area contributed by atoms with E-state index in [1.54, 1.807) is 0 Å². The summed E-state index contributed by atoms with van der Waals surface area (Å²) in [5.74, 6) is -0.300. The molecule has 1 fully saturated rings. The van der Waals surface area contributed by atoms with Gasteiger partial charge in [0.15, 0.2) is 6.29 Å². The Balaban J connectivity index is 2.41. The predicted molar refractivity (Wildman–Crippen MR) is 70.1 cm³/mol. The van der Waals surface area contributed by atoms with Crippen molar-refractivity contribution in [1.82, 2.24) is 0 Å². The van der Waals surface area contributed by atoms with E-state index in [-0.39, 0.29) is 24.9 Å². The number of aliphatic hydroxyl groups excluding tert-OH is 4. The van der Waals surface area contributed by atoms with E-state index in [1.807, 2.05) is 6.92 Å². The van der Waals surface area contributed by atoms with Gasteiger partial charge in [-0.25, -0.2) is 0 Å². The van der Waals surface area contributed by atoms with Crippen LogP contribution in [-0.2, 0) is 19.0 Å². The van der Waals surface area contributed by atoms with Crippen molar-refractivity contribution in [2.45, 2.75) is 50.5 Å². The number of hydrogen-bond donors (Lipinski definition) is 4. The molecule has 0 spiro atoms. The minimum absolute atomic E-state index is 0.0106. The Labute approximate surface area is 123 Å². The van der Waals surface area contributed by atoms with Crippen molar-refractivity contribution in [2.24, 2.45) is 5.92 Å². The summed E-state index contributed by atoms with van der Waals surface area (Å²) in [5, 5.41) is 38.1. The number of hydrogen-bond acceptors (Lipinski definition) is 8. The molecule has 0 aromatic rings. The van der Waals surface area contributed by atoms with E-state index in [0.717, 1.165) is 0 Å². The average molecular weight is 308 g/mol. The zero-order chi connectivity index (χ0) is 16.0. The lowest BCUT2D eigenvalue weighted by molar-refractivity contribution is -0.303. The first-order valence-corrected chi connectivity index (χ1v) is 6.89. The fourth-order valence-corrected chi connectivity index (χ4v) is 2.01. The van der Waals surface area contributed by atoms with Gasteiger partial charge < -0.3 is 34.6 Å². The molecule has 1 unspecified atom stereocenters. The molecular weight excluding hydrogens is 284 g/mol. The monoisotopic (exact) mass is 308 g/mol. The van der Waals surface area contributed by atoms with Crippen molar-refractivity contribution in [3.8, 4) is 0 Å². The molecule has 124 valence electrons. The summed E-state index contributed by atoms with van der Waals surface area (Å²) in [6.07, 6.45) is -5.58. The van der Waals surface area contributed by atoms with Gasteiger partial charge in [-0.05, 0) is 12.3 Å². The van der Waals surface area contributed by atoms with Crippen molar-refractivity contribution in [2.75, 3.05) is 20.3 Å². The second kappa shape index (κ2) is 8.62. The highest BCUT2D eigenvalue weighted by Crippen LogP contribution is 2.22. The smallest absolute Gasteiger partial charge is 0.305 e. The van der Waals surface area contributed by atoms with Crippen LogP contribution in [0.25, 0.3) is 0 Å². The normalized spacial score (nSPS) is 34.5. The summed E-state index contributed by atoms with van der Waals surface area (Å²) in [7, 11) is 1.32. The standard InChI is InChI=1S/C13H24O8/c1-7(3-4-9(15)19-2)6-20-13-12(18)11(17)10(16)8(5-14)21-13/h7-8,10-14,16-18H,3-6H2,1-2H3/t7?,8-,10-,11+,12-,13-/m1/s1. The van der Waals surface area contributed by atoms with Crippen LogP contribution in [0, 0.1) is 5.92 Å². The largest absolute Gasteiger partial charge is 0.469 e. The second-order valence-electron chi connectivity index (χ2n) is 5.25. The summed E-state index contributed by atoms with van der Waals surface area (Å²) < 4.78 is 15.1. The SMILES string of the molecule is COC(=O)CCC(C)CO[C@@H]1O[C@H](CO)[C@@H](O)[C@H](O)[C@H]1O. The molecule has 8 nitrogen and oxygen atoms in total. The highest BCUT2D eigenvalue weighted by molar-refractivity contribution is 5.69. The highest BCUT2D eigenvalue weighted by atomic mass is 16.7. The first-order chi connectivity index (χ1) is 9.90. The molecule has 0 aromatic carbocycles. The van der Waals surface area contributed by atoms with E-state index in [9.17, 15) is 20.1 Å². The van der Waals surface area contributed by atoms with Crippen LogP contribution in [-0.4, -0.2) is 77.4 Å². The Morgan fingerprint density at radius 2 is 1.90 bits per heavy atom. The number of rotatable bonds is 7. The first-order valence-electron chi connectivity index (χ1n) is 6.89. The molecule has 1 aliphatic rings. The van der Waals surface area contributed by atoms with Gasteiger partial charge >= 0.3 is 5.97 Å². The van der Waals surface area contributed by atoms with Gasteiger partial charge in [-0.2, -0.15) is 0 Å². The van der Waals surface area contributed by atoms with Crippen molar-refractivity contribution < 1.29 is 39.4 Å². The van der Waals surface area contributed by atoms with E-state index in [2.05, 4.69) is 4.74 Å². The third-order valence-electron chi connectivity index (χ3n) is 3.46. The summed E-state index contributed by atoms with van der Waals surface area (Å²) in [6.45, 7) is 1.55. The molecule has 1 rings (SSSR count). The fraction of sp³-hybridized carbons (Fsp3) is 0.923. The first kappa shape index (κ1) is 18.3. The van der Waals surface area contributed by atoms with Gasteiger partial charge in [0.2, 0.25) is 0 Å². The maximum Gasteiger partial charge on any atom is 0.305 e. The van der Waals surface area contributed by atoms with Crippen LogP contribution < -0.4 is 0 Å². The Morgan fingerprint density at radius 1 is 1.24 bits per heavy atom. The quantitative estimate of drug-likeness (QED) is 0.414. The van der Waals surface area contributed by atoms with Gasteiger partial charge in [0, 0.05) is 6.42 Å². The van der Waals surface area contributed by atoms with E-state index in [1.165, 1.54) is 7.11 Å². The minimum Gasteiger partial charge on any atom is -0.469 e. The Morgan fingerprint density at radius 3 is 2.48 bits per heavy atom. The van der Waals surface area contributed by atoms with Crippen LogP contribution in [0.2, 0.25) is 0 Å². The fourth-order valence-electron chi connectivity index (χ4n) is 2.01. The van der Waals surface area contributed by atoms with Crippen molar-refractivity contribution in [1.29, 1.82) is 0 Å². The van der Waals surface area contributed by atoms with Gasteiger partial charge in [-0.3, -0.25) is 4.79 Å². The molecule has 0 amide bonds. The summed E-state index contributed by atoms with van der Waals surface area (Å²) in [4.78, 5) is 11.0. The third kappa shape index (κ3) is 5.17. The molecule has 0 radical (unpaired) electrons. The number of methoxy groups -OCH3 is 1. The summed E-state index contributed by atoms with van der Waals surface area (Å²) >= 11 is 0. The number of ether oxygens (including phenoxy) is 3. The highest BCUT2D eigenvalue weighted by Gasteiger charge is 2.44. The maximum atomic E-state index is 11.0. The van der Waals surface area contributed by atoms with Gasteiger partial charge in [-0.1, -0.05) is 6.92 Å². The summed E-state index contributed by atoms with van der Waals surface area (Å²) in [6, 6.07) is 0. The Bertz CT molecular complexity index is 321. The van der Waals surface area contributed by atoms with Crippen LogP contribution in [0.1, 0.15) is 19.8 Å². The molecular formula is C13H24O8. The average Bonchev–Trinajstić information content (AvgIpc) is 2.49. The van der Waals surface area contributed by atoms with Crippen molar-refractivity contribution in [3.05, 3.63) is 0 Å². The molecule has 0 aromatic heterocycles. The molecule has 6 atom stereocenters. The van der Waals surface area contributed by atoms with E-state index in [4.69, 9.17) is 14.6 Å². The topological polar surface area (TPSA) is 126 Å². The molecule has 1 aliphatic heterocycles. The lowest BCUT2D eigenvalue weighted by Gasteiger charge is -2.39. The van der Waals surface area contributed by atoms with Crippen LogP contribution in [0.5, 0.6) is 0 Å². The van der Waals surface area contributed by atoms with E-state index in [0.29, 0.717) is 6.42 Å². The van der Waals surface area contributed by atoms with Crippen LogP contribution >= 0.6 is 0 Å². The molecule has 0 aliphatic carbocycles. The third-order valence-corrected chi connectivity index (χ3v) is 3.46. The van der Waals surface area contributed by atoms with Crippen LogP contribution in [0.4, 0.5) is 0 Å². The van der Waals surface area contributed by atoms with Gasteiger partial charge in [0.25, 0.3) is 0 Å². The van der Waals surface area contributed by atoms with Crippen LogP contribution in [0.3, 0.4) is 0 Å². The molecule has 0 bridgehead atoms. The number of esters is 1. The zero-order valence-corrected chi connectivity index (χ0v) is 12.2.